The predicted octanol–water partition coefficient (Wildman–Crippen LogP) is 6.06. The highest BCUT2D eigenvalue weighted by Crippen LogP contribution is 2.23. The van der Waals surface area contributed by atoms with Gasteiger partial charge in [-0.2, -0.15) is 0 Å². The number of hydrogen-bond acceptors (Lipinski definition) is 4. The normalized spacial score (nSPS) is 12.4. The molecule has 0 aliphatic carbocycles. The Kier molecular flexibility index (Phi) is 11.2. The summed E-state index contributed by atoms with van der Waals surface area (Å²) in [5.41, 5.74) is 0.318. The van der Waals surface area contributed by atoms with Crippen molar-refractivity contribution in [3.63, 3.8) is 0 Å². The predicted molar refractivity (Wildman–Crippen MR) is 140 cm³/mol. The molecule has 0 heterocycles. The van der Waals surface area contributed by atoms with Crippen LogP contribution in [0.1, 0.15) is 75.2 Å². The molecule has 0 aromatic heterocycles. The topological polar surface area (TPSA) is 116 Å². The number of nitrogens with one attached hydrogen (secondary N) is 1. The minimum Gasteiger partial charge on any atom is -0.478 e. The van der Waals surface area contributed by atoms with Gasteiger partial charge in [-0.05, 0) is 68.1 Å². The van der Waals surface area contributed by atoms with Gasteiger partial charge >= 0.3 is 18.0 Å². The van der Waals surface area contributed by atoms with Gasteiger partial charge in [0, 0.05) is 18.8 Å². The van der Waals surface area contributed by atoms with E-state index in [2.05, 4.69) is 12.2 Å². The lowest BCUT2D eigenvalue weighted by Gasteiger charge is -2.25. The van der Waals surface area contributed by atoms with Crippen LogP contribution in [0.25, 0.3) is 0 Å². The largest absolute Gasteiger partial charge is 0.478 e. The van der Waals surface area contributed by atoms with Gasteiger partial charge in [-0.15, -0.1) is 0 Å². The van der Waals surface area contributed by atoms with Gasteiger partial charge < -0.3 is 25.2 Å². The summed E-state index contributed by atoms with van der Waals surface area (Å²) in [6, 6.07) is 13.1. The van der Waals surface area contributed by atoms with Crippen LogP contribution < -0.4 is 10.1 Å². The molecule has 2 amide bonds. The van der Waals surface area contributed by atoms with E-state index in [1.54, 1.807) is 36.9 Å². The van der Waals surface area contributed by atoms with Gasteiger partial charge in [-0.1, -0.05) is 51.7 Å². The Bertz CT molecular complexity index is 1010. The first-order chi connectivity index (χ1) is 17.2. The SMILES string of the molecule is CCCCCCCN(CCc1cccc(OC(C)(CC)C(=O)O)c1)C(=O)Nc1ccc(C(=O)O)cc1. The van der Waals surface area contributed by atoms with Crippen molar-refractivity contribution in [3.05, 3.63) is 59.7 Å². The van der Waals surface area contributed by atoms with Gasteiger partial charge in [0.05, 0.1) is 5.56 Å². The maximum atomic E-state index is 13.0. The van der Waals surface area contributed by atoms with Crippen LogP contribution in [0.3, 0.4) is 0 Å². The number of rotatable bonds is 15. The van der Waals surface area contributed by atoms with Crippen molar-refractivity contribution in [1.82, 2.24) is 4.90 Å². The first-order valence-corrected chi connectivity index (χ1v) is 12.6. The second-order valence-corrected chi connectivity index (χ2v) is 9.10. The molecule has 2 rings (SSSR count). The lowest BCUT2D eigenvalue weighted by Crippen LogP contribution is -2.40. The number of amides is 2. The Morgan fingerprint density at radius 2 is 1.64 bits per heavy atom. The summed E-state index contributed by atoms with van der Waals surface area (Å²) in [5.74, 6) is -1.55. The molecule has 0 fully saturated rings. The third-order valence-electron chi connectivity index (χ3n) is 6.24. The summed E-state index contributed by atoms with van der Waals surface area (Å²) < 4.78 is 5.78. The van der Waals surface area contributed by atoms with Crippen molar-refractivity contribution >= 4 is 23.7 Å². The Labute approximate surface area is 213 Å². The van der Waals surface area contributed by atoms with E-state index < -0.39 is 17.5 Å². The molecule has 8 nitrogen and oxygen atoms in total. The molecule has 36 heavy (non-hydrogen) atoms. The van der Waals surface area contributed by atoms with Crippen LogP contribution in [0.2, 0.25) is 0 Å². The minimum atomic E-state index is -1.31. The number of benzene rings is 2. The average molecular weight is 499 g/mol. The molecule has 0 saturated carbocycles. The van der Waals surface area contributed by atoms with Crippen LogP contribution >= 0.6 is 0 Å². The van der Waals surface area contributed by atoms with E-state index in [0.717, 1.165) is 31.2 Å². The minimum absolute atomic E-state index is 0.157. The number of hydrogen-bond donors (Lipinski definition) is 3. The average Bonchev–Trinajstić information content (AvgIpc) is 2.86. The fourth-order valence-corrected chi connectivity index (χ4v) is 3.68. The van der Waals surface area contributed by atoms with Crippen LogP contribution in [-0.4, -0.2) is 51.8 Å². The van der Waals surface area contributed by atoms with Gasteiger partial charge in [0.15, 0.2) is 0 Å². The number of anilines is 1. The Balaban J connectivity index is 2.07. The molecule has 1 unspecified atom stereocenters. The lowest BCUT2D eigenvalue weighted by molar-refractivity contribution is -0.154. The number of carboxylic acid groups (broad SMARTS) is 2. The van der Waals surface area contributed by atoms with Crippen LogP contribution in [0.5, 0.6) is 5.75 Å². The van der Waals surface area contributed by atoms with Gasteiger partial charge in [0.1, 0.15) is 5.75 Å². The van der Waals surface area contributed by atoms with Crippen molar-refractivity contribution in [2.75, 3.05) is 18.4 Å². The summed E-state index contributed by atoms with van der Waals surface area (Å²) >= 11 is 0. The van der Waals surface area contributed by atoms with E-state index >= 15 is 0 Å². The zero-order valence-corrected chi connectivity index (χ0v) is 21.5. The smallest absolute Gasteiger partial charge is 0.347 e. The Morgan fingerprint density at radius 1 is 0.944 bits per heavy atom. The summed E-state index contributed by atoms with van der Waals surface area (Å²) in [7, 11) is 0. The monoisotopic (exact) mass is 498 g/mol. The standard InChI is InChI=1S/C28H38N2O6/c1-4-6-7-8-9-18-30(27(35)29-23-15-13-22(14-16-23)25(31)32)19-17-21-11-10-12-24(20-21)36-28(3,5-2)26(33)34/h10-16,20H,4-9,17-19H2,1-3H3,(H,29,35)(H,31,32)(H,33,34). The molecule has 3 N–H and O–H groups in total. The number of aliphatic carboxylic acids is 1. The van der Waals surface area contributed by atoms with Crippen LogP contribution in [0, 0.1) is 0 Å². The van der Waals surface area contributed by atoms with Crippen molar-refractivity contribution in [1.29, 1.82) is 0 Å². The molecular weight excluding hydrogens is 460 g/mol. The zero-order valence-electron chi connectivity index (χ0n) is 21.5. The summed E-state index contributed by atoms with van der Waals surface area (Å²) in [6.45, 7) is 6.55. The zero-order chi connectivity index (χ0) is 26.6. The molecule has 196 valence electrons. The lowest BCUT2D eigenvalue weighted by atomic mass is 10.0. The maximum Gasteiger partial charge on any atom is 0.347 e. The van der Waals surface area contributed by atoms with Crippen LogP contribution in [0.15, 0.2) is 48.5 Å². The first kappa shape index (κ1) is 28.7. The number of unbranched alkanes of at least 4 members (excludes halogenated alkanes) is 4. The summed E-state index contributed by atoms with van der Waals surface area (Å²) in [5, 5.41) is 21.4. The van der Waals surface area contributed by atoms with Crippen LogP contribution in [0.4, 0.5) is 10.5 Å². The van der Waals surface area contributed by atoms with Crippen LogP contribution in [-0.2, 0) is 11.2 Å². The Hall–Kier alpha value is -3.55. The van der Waals surface area contributed by atoms with Gasteiger partial charge in [-0.25, -0.2) is 14.4 Å². The van der Waals surface area contributed by atoms with Crippen molar-refractivity contribution in [2.45, 2.75) is 71.3 Å². The van der Waals surface area contributed by atoms with Crippen molar-refractivity contribution < 1.29 is 29.3 Å². The second kappa shape index (κ2) is 14.1. The highest BCUT2D eigenvalue weighted by molar-refractivity contribution is 5.91. The number of aromatic carboxylic acids is 1. The molecule has 0 aliphatic heterocycles. The number of carbonyl (C=O) groups excluding carboxylic acids is 1. The summed E-state index contributed by atoms with van der Waals surface area (Å²) in [6.07, 6.45) is 6.28. The first-order valence-electron chi connectivity index (χ1n) is 12.6. The highest BCUT2D eigenvalue weighted by atomic mass is 16.5. The maximum absolute atomic E-state index is 13.0. The second-order valence-electron chi connectivity index (χ2n) is 9.10. The van der Waals surface area contributed by atoms with E-state index in [-0.39, 0.29) is 11.6 Å². The van der Waals surface area contributed by atoms with E-state index in [1.807, 2.05) is 18.2 Å². The van der Waals surface area contributed by atoms with Gasteiger partial charge in [0.2, 0.25) is 5.60 Å². The van der Waals surface area contributed by atoms with E-state index in [4.69, 9.17) is 9.84 Å². The van der Waals surface area contributed by atoms with Gasteiger partial charge in [0.25, 0.3) is 0 Å². The fourth-order valence-electron chi connectivity index (χ4n) is 3.68. The molecule has 2 aromatic rings. The number of nitrogens with zero attached hydrogens (tertiary/aromatic N) is 1. The molecule has 0 saturated heterocycles. The quantitative estimate of drug-likeness (QED) is 0.257. The van der Waals surface area contributed by atoms with Crippen molar-refractivity contribution in [2.24, 2.45) is 0 Å². The summed E-state index contributed by atoms with van der Waals surface area (Å²) in [4.78, 5) is 37.5. The van der Waals surface area contributed by atoms with Crippen molar-refractivity contribution in [3.8, 4) is 5.75 Å². The number of carbonyl (C=O) groups is 3. The molecule has 8 heteroatoms. The molecule has 0 spiro atoms. The molecule has 0 radical (unpaired) electrons. The number of carboxylic acids is 2. The molecule has 2 aromatic carbocycles. The van der Waals surface area contributed by atoms with E-state index in [1.165, 1.54) is 18.6 Å². The third kappa shape index (κ3) is 8.91. The third-order valence-corrected chi connectivity index (χ3v) is 6.24. The molecular formula is C28H38N2O6. The Morgan fingerprint density at radius 3 is 2.25 bits per heavy atom. The van der Waals surface area contributed by atoms with E-state index in [0.29, 0.717) is 37.4 Å². The van der Waals surface area contributed by atoms with E-state index in [9.17, 15) is 19.5 Å². The van der Waals surface area contributed by atoms with Gasteiger partial charge in [-0.3, -0.25) is 0 Å². The number of ether oxygens (including phenoxy) is 1. The molecule has 1 atom stereocenters. The highest BCUT2D eigenvalue weighted by Gasteiger charge is 2.33. The fraction of sp³-hybridized carbons (Fsp3) is 0.464. The molecule has 0 aliphatic rings. The molecule has 0 bridgehead atoms. The number of urea groups is 1.